The highest BCUT2D eigenvalue weighted by atomic mass is 19.1. The number of halogens is 1. The van der Waals surface area contributed by atoms with Crippen molar-refractivity contribution in [2.45, 2.75) is 44.4 Å². The molecule has 2 aliphatic rings. The summed E-state index contributed by atoms with van der Waals surface area (Å²) >= 11 is 0. The smallest absolute Gasteiger partial charge is 0.418 e. The molecule has 4 rings (SSSR count). The zero-order chi connectivity index (χ0) is 26.7. The van der Waals surface area contributed by atoms with Gasteiger partial charge in [0, 0.05) is 37.3 Å². The Kier molecular flexibility index (Phi) is 7.11. The molecule has 2 aromatic carbocycles. The molecule has 1 fully saturated rings. The van der Waals surface area contributed by atoms with Crippen molar-refractivity contribution in [1.82, 2.24) is 15.1 Å². The average Bonchev–Trinajstić information content (AvgIpc) is 3.35. The third kappa shape index (κ3) is 4.95. The molecule has 2 N–H and O–H groups in total. The normalized spacial score (nSPS) is 18.7. The number of nitrogens with one attached hydrogen (secondary N) is 2. The van der Waals surface area contributed by atoms with Crippen molar-refractivity contribution in [3.63, 3.8) is 0 Å². The number of amides is 5. The van der Waals surface area contributed by atoms with E-state index in [9.17, 15) is 23.6 Å². The summed E-state index contributed by atoms with van der Waals surface area (Å²) in [5.41, 5.74) is 0.908. The predicted molar refractivity (Wildman–Crippen MR) is 129 cm³/mol. The first-order valence-corrected chi connectivity index (χ1v) is 11.8. The van der Waals surface area contributed by atoms with E-state index in [0.29, 0.717) is 23.2 Å². The zero-order valence-corrected chi connectivity index (χ0v) is 20.4. The lowest BCUT2D eigenvalue weighted by Crippen LogP contribution is -2.47. The van der Waals surface area contributed by atoms with Crippen LogP contribution in [0.25, 0.3) is 0 Å². The maximum Gasteiger partial charge on any atom is 0.418 e. The Morgan fingerprint density at radius 1 is 1.24 bits per heavy atom. The van der Waals surface area contributed by atoms with Crippen LogP contribution in [0.1, 0.15) is 36.5 Å². The van der Waals surface area contributed by atoms with Gasteiger partial charge < -0.3 is 20.3 Å². The molecule has 37 heavy (non-hydrogen) atoms. The van der Waals surface area contributed by atoms with Crippen LogP contribution in [0.4, 0.5) is 19.7 Å². The summed E-state index contributed by atoms with van der Waals surface area (Å²) < 4.78 is 18.9. The summed E-state index contributed by atoms with van der Waals surface area (Å²) in [7, 11) is 1.49. The fraction of sp³-hybridized carbons (Fsp3) is 0.346. The van der Waals surface area contributed by atoms with Crippen LogP contribution in [0.3, 0.4) is 0 Å². The molecule has 2 atom stereocenters. The van der Waals surface area contributed by atoms with E-state index in [0.717, 1.165) is 10.5 Å². The molecule has 0 aromatic heterocycles. The third-order valence-electron chi connectivity index (χ3n) is 6.64. The van der Waals surface area contributed by atoms with Gasteiger partial charge in [0.15, 0.2) is 0 Å². The SMILES string of the molecule is CNC(=O)Nc1ccc2c(c1)CCC21OC(=O)N(CC(=O)N(Cc2ccc(F)cc2)C(C)CC#N)C1=O. The second kappa shape index (κ2) is 10.3. The van der Waals surface area contributed by atoms with Crippen LogP contribution in [0.5, 0.6) is 0 Å². The second-order valence-electron chi connectivity index (χ2n) is 9.02. The number of fused-ring (bicyclic) bond motifs is 2. The Labute approximate surface area is 213 Å². The summed E-state index contributed by atoms with van der Waals surface area (Å²) in [6.07, 6.45) is -0.233. The molecule has 2 aromatic rings. The predicted octanol–water partition coefficient (Wildman–Crippen LogP) is 3.03. The number of carbonyl (C=O) groups is 4. The van der Waals surface area contributed by atoms with Gasteiger partial charge >= 0.3 is 12.1 Å². The summed E-state index contributed by atoms with van der Waals surface area (Å²) in [5, 5.41) is 14.3. The van der Waals surface area contributed by atoms with Crippen molar-refractivity contribution in [2.75, 3.05) is 18.9 Å². The Hall–Kier alpha value is -4.46. The highest BCUT2D eigenvalue weighted by molar-refractivity contribution is 6.06. The zero-order valence-electron chi connectivity index (χ0n) is 20.4. The van der Waals surface area contributed by atoms with Crippen LogP contribution in [-0.4, -0.2) is 53.4 Å². The Bertz CT molecular complexity index is 1290. The number of rotatable bonds is 7. The standard InChI is InChI=1S/C26H26FN5O5/c1-16(10-12-28)31(14-17-3-5-19(27)6-4-17)22(33)15-32-23(34)26(37-25(32)36)11-9-18-13-20(7-8-21(18)26)30-24(35)29-2/h3-8,13,16H,9-11,14-15H2,1-2H3,(H2,29,30,35). The van der Waals surface area contributed by atoms with E-state index in [1.807, 2.05) is 6.07 Å². The summed E-state index contributed by atoms with van der Waals surface area (Å²) in [6, 6.07) is 11.7. The molecule has 0 radical (unpaired) electrons. The number of urea groups is 1. The van der Waals surface area contributed by atoms with Crippen molar-refractivity contribution in [3.8, 4) is 6.07 Å². The van der Waals surface area contributed by atoms with E-state index >= 15 is 0 Å². The first-order valence-electron chi connectivity index (χ1n) is 11.8. The fourth-order valence-corrected chi connectivity index (χ4v) is 4.67. The van der Waals surface area contributed by atoms with Gasteiger partial charge in [-0.1, -0.05) is 18.2 Å². The van der Waals surface area contributed by atoms with Gasteiger partial charge in [0.1, 0.15) is 12.4 Å². The van der Waals surface area contributed by atoms with Crippen molar-refractivity contribution >= 4 is 29.6 Å². The largest absolute Gasteiger partial charge is 0.427 e. The van der Waals surface area contributed by atoms with Crippen molar-refractivity contribution in [3.05, 3.63) is 65.0 Å². The second-order valence-corrected chi connectivity index (χ2v) is 9.02. The van der Waals surface area contributed by atoms with Gasteiger partial charge in [0.2, 0.25) is 11.5 Å². The van der Waals surface area contributed by atoms with E-state index < -0.39 is 47.9 Å². The maximum atomic E-state index is 13.5. The number of nitrogens with zero attached hydrogens (tertiary/aromatic N) is 3. The molecule has 5 amide bonds. The molecule has 1 heterocycles. The number of aryl methyl sites for hydroxylation is 1. The minimum Gasteiger partial charge on any atom is -0.427 e. The van der Waals surface area contributed by atoms with Crippen LogP contribution >= 0.6 is 0 Å². The van der Waals surface area contributed by atoms with Crippen molar-refractivity contribution < 1.29 is 28.3 Å². The van der Waals surface area contributed by atoms with E-state index in [2.05, 4.69) is 10.6 Å². The molecule has 0 saturated carbocycles. The van der Waals surface area contributed by atoms with Crippen LogP contribution < -0.4 is 10.6 Å². The summed E-state index contributed by atoms with van der Waals surface area (Å²) in [6.45, 7) is 1.21. The summed E-state index contributed by atoms with van der Waals surface area (Å²) in [4.78, 5) is 53.4. The van der Waals surface area contributed by atoms with E-state index in [-0.39, 0.29) is 19.4 Å². The van der Waals surface area contributed by atoms with Crippen LogP contribution in [0.2, 0.25) is 0 Å². The molecule has 11 heteroatoms. The maximum absolute atomic E-state index is 13.5. The first-order chi connectivity index (χ1) is 17.7. The van der Waals surface area contributed by atoms with E-state index in [1.165, 1.54) is 36.2 Å². The number of benzene rings is 2. The molecule has 10 nitrogen and oxygen atoms in total. The molecular weight excluding hydrogens is 481 g/mol. The van der Waals surface area contributed by atoms with Gasteiger partial charge in [0.25, 0.3) is 5.91 Å². The molecule has 1 aliphatic carbocycles. The number of anilines is 1. The molecule has 1 saturated heterocycles. The monoisotopic (exact) mass is 507 g/mol. The number of hydrogen-bond donors (Lipinski definition) is 2. The van der Waals surface area contributed by atoms with E-state index in [4.69, 9.17) is 10.00 Å². The molecule has 192 valence electrons. The number of carbonyl (C=O) groups excluding carboxylic acids is 4. The van der Waals surface area contributed by atoms with Gasteiger partial charge in [-0.2, -0.15) is 5.26 Å². The molecule has 0 bridgehead atoms. The van der Waals surface area contributed by atoms with Crippen molar-refractivity contribution in [1.29, 1.82) is 5.26 Å². The van der Waals surface area contributed by atoms with Gasteiger partial charge in [-0.3, -0.25) is 9.59 Å². The lowest BCUT2D eigenvalue weighted by Gasteiger charge is -2.29. The van der Waals surface area contributed by atoms with Crippen LogP contribution in [-0.2, 0) is 32.9 Å². The molecular formula is C26H26FN5O5. The Morgan fingerprint density at radius 3 is 2.65 bits per heavy atom. The number of nitriles is 1. The topological polar surface area (TPSA) is 132 Å². The lowest BCUT2D eigenvalue weighted by molar-refractivity contribution is -0.143. The van der Waals surface area contributed by atoms with Gasteiger partial charge in [-0.05, 0) is 48.7 Å². The minimum absolute atomic E-state index is 0.0368. The summed E-state index contributed by atoms with van der Waals surface area (Å²) in [5.74, 6) is -1.60. The molecule has 1 spiro atoms. The highest BCUT2D eigenvalue weighted by Gasteiger charge is 2.58. The fourth-order valence-electron chi connectivity index (χ4n) is 4.67. The number of hydrogen-bond acceptors (Lipinski definition) is 6. The van der Waals surface area contributed by atoms with Gasteiger partial charge in [-0.25, -0.2) is 18.9 Å². The first kappa shape index (κ1) is 25.6. The Morgan fingerprint density at radius 2 is 1.97 bits per heavy atom. The minimum atomic E-state index is -1.53. The van der Waals surface area contributed by atoms with Crippen LogP contribution in [0.15, 0.2) is 42.5 Å². The number of ether oxygens (including phenoxy) is 1. The highest BCUT2D eigenvalue weighted by Crippen LogP contribution is 2.46. The molecule has 2 unspecified atom stereocenters. The van der Waals surface area contributed by atoms with Crippen LogP contribution in [0, 0.1) is 17.1 Å². The lowest BCUT2D eigenvalue weighted by atomic mass is 9.94. The van der Waals surface area contributed by atoms with Gasteiger partial charge in [0.05, 0.1) is 12.5 Å². The Balaban J connectivity index is 1.54. The quantitative estimate of drug-likeness (QED) is 0.592. The third-order valence-corrected chi connectivity index (χ3v) is 6.64. The number of imide groups is 1. The average molecular weight is 508 g/mol. The van der Waals surface area contributed by atoms with Crippen molar-refractivity contribution in [2.24, 2.45) is 0 Å². The van der Waals surface area contributed by atoms with E-state index in [1.54, 1.807) is 25.1 Å². The molecule has 1 aliphatic heterocycles. The van der Waals surface area contributed by atoms with Gasteiger partial charge in [-0.15, -0.1) is 0 Å².